The number of hydrogen-bond acceptors (Lipinski definition) is 2. The lowest BCUT2D eigenvalue weighted by atomic mass is 10.0. The van der Waals surface area contributed by atoms with E-state index in [9.17, 15) is 0 Å². The topological polar surface area (TPSA) is 15.3 Å². The molecular formula is C21H28N2. The van der Waals surface area contributed by atoms with E-state index in [1.165, 1.54) is 41.6 Å². The van der Waals surface area contributed by atoms with E-state index in [0.29, 0.717) is 6.04 Å². The van der Waals surface area contributed by atoms with Gasteiger partial charge in [0.2, 0.25) is 0 Å². The molecule has 1 fully saturated rings. The molecule has 1 N–H and O–H groups in total. The number of hydrogen-bond donors (Lipinski definition) is 1. The molecule has 0 saturated carbocycles. The van der Waals surface area contributed by atoms with Crippen LogP contribution in [0, 0.1) is 13.8 Å². The van der Waals surface area contributed by atoms with Crippen molar-refractivity contribution >= 4 is 0 Å². The Balaban J connectivity index is 1.53. The Morgan fingerprint density at radius 3 is 2.70 bits per heavy atom. The van der Waals surface area contributed by atoms with E-state index in [1.807, 2.05) is 0 Å². The second-order valence-electron chi connectivity index (χ2n) is 6.87. The molecule has 0 spiro atoms. The molecule has 122 valence electrons. The van der Waals surface area contributed by atoms with Crippen LogP contribution >= 0.6 is 0 Å². The minimum absolute atomic E-state index is 0.606. The third-order valence-electron chi connectivity index (χ3n) is 4.84. The number of nitrogens with zero attached hydrogens (tertiary/aromatic N) is 1. The maximum absolute atomic E-state index is 3.74. The summed E-state index contributed by atoms with van der Waals surface area (Å²) in [5, 5.41) is 3.74. The van der Waals surface area contributed by atoms with Gasteiger partial charge < -0.3 is 5.32 Å². The molecule has 0 bridgehead atoms. The highest BCUT2D eigenvalue weighted by Crippen LogP contribution is 2.17. The van der Waals surface area contributed by atoms with Gasteiger partial charge in [0.1, 0.15) is 0 Å². The summed E-state index contributed by atoms with van der Waals surface area (Å²) in [7, 11) is 0. The Hall–Kier alpha value is -1.64. The van der Waals surface area contributed by atoms with Crippen LogP contribution < -0.4 is 5.32 Å². The second kappa shape index (κ2) is 7.76. The first kappa shape index (κ1) is 16.2. The first-order valence-corrected chi connectivity index (χ1v) is 8.76. The van der Waals surface area contributed by atoms with Crippen LogP contribution in [-0.4, -0.2) is 24.0 Å². The van der Waals surface area contributed by atoms with Crippen LogP contribution in [0.2, 0.25) is 0 Å². The van der Waals surface area contributed by atoms with Crippen molar-refractivity contribution in [2.24, 2.45) is 0 Å². The molecule has 1 heterocycles. The van der Waals surface area contributed by atoms with Crippen molar-refractivity contribution in [2.75, 3.05) is 13.1 Å². The molecule has 1 atom stereocenters. The fraction of sp³-hybridized carbons (Fsp3) is 0.429. The van der Waals surface area contributed by atoms with E-state index in [0.717, 1.165) is 19.6 Å². The smallest absolute Gasteiger partial charge is 0.0237 e. The SMILES string of the molecule is Cc1ccc(CN2CCCC(NCc3ccccc3)C2)c(C)c1. The summed E-state index contributed by atoms with van der Waals surface area (Å²) < 4.78 is 0. The van der Waals surface area contributed by atoms with Crippen LogP contribution in [0.4, 0.5) is 0 Å². The Morgan fingerprint density at radius 1 is 1.09 bits per heavy atom. The second-order valence-corrected chi connectivity index (χ2v) is 6.87. The molecule has 0 amide bonds. The Labute approximate surface area is 140 Å². The van der Waals surface area contributed by atoms with Crippen molar-refractivity contribution in [3.63, 3.8) is 0 Å². The maximum Gasteiger partial charge on any atom is 0.0237 e. The van der Waals surface area contributed by atoms with E-state index >= 15 is 0 Å². The summed E-state index contributed by atoms with van der Waals surface area (Å²) >= 11 is 0. The molecule has 1 unspecified atom stereocenters. The normalized spacial score (nSPS) is 19.0. The van der Waals surface area contributed by atoms with Gasteiger partial charge in [-0.2, -0.15) is 0 Å². The van der Waals surface area contributed by atoms with Crippen molar-refractivity contribution in [3.8, 4) is 0 Å². The summed E-state index contributed by atoms with van der Waals surface area (Å²) in [4.78, 5) is 2.60. The standard InChI is InChI=1S/C21H28N2/c1-17-10-11-20(18(2)13-17)15-23-12-6-9-21(16-23)22-14-19-7-4-3-5-8-19/h3-5,7-8,10-11,13,21-22H,6,9,12,14-16H2,1-2H3. The van der Waals surface area contributed by atoms with Crippen LogP contribution in [0.25, 0.3) is 0 Å². The molecule has 0 aliphatic carbocycles. The first-order valence-electron chi connectivity index (χ1n) is 8.76. The molecule has 2 aromatic carbocycles. The van der Waals surface area contributed by atoms with Gasteiger partial charge in [0.15, 0.2) is 0 Å². The minimum atomic E-state index is 0.606. The van der Waals surface area contributed by atoms with Gasteiger partial charge in [0.25, 0.3) is 0 Å². The van der Waals surface area contributed by atoms with Gasteiger partial charge in [-0.05, 0) is 49.9 Å². The molecule has 1 aliphatic heterocycles. The van der Waals surface area contributed by atoms with Crippen LogP contribution in [0.5, 0.6) is 0 Å². The first-order chi connectivity index (χ1) is 11.2. The number of rotatable bonds is 5. The highest BCUT2D eigenvalue weighted by molar-refractivity contribution is 5.30. The van der Waals surface area contributed by atoms with Gasteiger partial charge in [-0.25, -0.2) is 0 Å². The highest BCUT2D eigenvalue weighted by Gasteiger charge is 2.19. The van der Waals surface area contributed by atoms with Gasteiger partial charge in [-0.3, -0.25) is 4.90 Å². The molecule has 1 aliphatic rings. The van der Waals surface area contributed by atoms with E-state index in [-0.39, 0.29) is 0 Å². The average molecular weight is 308 g/mol. The Morgan fingerprint density at radius 2 is 1.91 bits per heavy atom. The van der Waals surface area contributed by atoms with Crippen molar-refractivity contribution in [1.29, 1.82) is 0 Å². The molecule has 2 nitrogen and oxygen atoms in total. The Bertz CT molecular complexity index is 621. The van der Waals surface area contributed by atoms with Crippen molar-refractivity contribution < 1.29 is 0 Å². The third-order valence-corrected chi connectivity index (χ3v) is 4.84. The number of aryl methyl sites for hydroxylation is 2. The van der Waals surface area contributed by atoms with Crippen molar-refractivity contribution in [2.45, 2.75) is 45.8 Å². The van der Waals surface area contributed by atoms with Crippen LogP contribution in [0.3, 0.4) is 0 Å². The van der Waals surface area contributed by atoms with Gasteiger partial charge in [-0.1, -0.05) is 54.1 Å². The fourth-order valence-electron chi connectivity index (χ4n) is 3.49. The lowest BCUT2D eigenvalue weighted by Crippen LogP contribution is -2.45. The monoisotopic (exact) mass is 308 g/mol. The lowest BCUT2D eigenvalue weighted by molar-refractivity contribution is 0.182. The van der Waals surface area contributed by atoms with E-state index in [4.69, 9.17) is 0 Å². The fourth-order valence-corrected chi connectivity index (χ4v) is 3.49. The van der Waals surface area contributed by atoms with E-state index < -0.39 is 0 Å². The summed E-state index contributed by atoms with van der Waals surface area (Å²) in [6.07, 6.45) is 2.58. The summed E-state index contributed by atoms with van der Waals surface area (Å²) in [6.45, 7) is 8.83. The number of piperidine rings is 1. The average Bonchev–Trinajstić information content (AvgIpc) is 2.57. The predicted molar refractivity (Wildman–Crippen MR) is 97.5 cm³/mol. The molecule has 0 aromatic heterocycles. The number of benzene rings is 2. The van der Waals surface area contributed by atoms with Crippen LogP contribution in [0.15, 0.2) is 48.5 Å². The third kappa shape index (κ3) is 4.66. The molecule has 23 heavy (non-hydrogen) atoms. The number of nitrogens with one attached hydrogen (secondary N) is 1. The molecule has 2 heteroatoms. The molecule has 0 radical (unpaired) electrons. The molecule has 1 saturated heterocycles. The molecule has 3 rings (SSSR count). The van der Waals surface area contributed by atoms with Crippen molar-refractivity contribution in [1.82, 2.24) is 10.2 Å². The van der Waals surface area contributed by atoms with Crippen molar-refractivity contribution in [3.05, 3.63) is 70.8 Å². The van der Waals surface area contributed by atoms with Crippen LogP contribution in [0.1, 0.15) is 35.1 Å². The highest BCUT2D eigenvalue weighted by atomic mass is 15.2. The Kier molecular flexibility index (Phi) is 5.47. The quantitative estimate of drug-likeness (QED) is 0.896. The number of likely N-dealkylation sites (tertiary alicyclic amines) is 1. The van der Waals surface area contributed by atoms with Gasteiger partial charge in [-0.15, -0.1) is 0 Å². The zero-order chi connectivity index (χ0) is 16.1. The lowest BCUT2D eigenvalue weighted by Gasteiger charge is -2.33. The molecular weight excluding hydrogens is 280 g/mol. The zero-order valence-corrected chi connectivity index (χ0v) is 14.4. The van der Waals surface area contributed by atoms with E-state index in [1.54, 1.807) is 0 Å². The summed E-state index contributed by atoms with van der Waals surface area (Å²) in [5.74, 6) is 0. The summed E-state index contributed by atoms with van der Waals surface area (Å²) in [6, 6.07) is 18.1. The van der Waals surface area contributed by atoms with Gasteiger partial charge >= 0.3 is 0 Å². The van der Waals surface area contributed by atoms with Gasteiger partial charge in [0.05, 0.1) is 0 Å². The van der Waals surface area contributed by atoms with E-state index in [2.05, 4.69) is 72.6 Å². The zero-order valence-electron chi connectivity index (χ0n) is 14.4. The maximum atomic E-state index is 3.74. The largest absolute Gasteiger partial charge is 0.309 e. The molecule has 2 aromatic rings. The predicted octanol–water partition coefficient (Wildman–Crippen LogP) is 4.06. The van der Waals surface area contributed by atoms with Crippen LogP contribution in [-0.2, 0) is 13.1 Å². The minimum Gasteiger partial charge on any atom is -0.309 e. The van der Waals surface area contributed by atoms with Gasteiger partial charge in [0, 0.05) is 25.7 Å². The summed E-state index contributed by atoms with van der Waals surface area (Å²) in [5.41, 5.74) is 5.62.